The molecule has 1 saturated heterocycles. The van der Waals surface area contributed by atoms with E-state index in [1.165, 1.54) is 47.8 Å². The quantitative estimate of drug-likeness (QED) is 0.0779. The lowest BCUT2D eigenvalue weighted by atomic mass is 10.2. The van der Waals surface area contributed by atoms with Crippen molar-refractivity contribution < 1.29 is 36.9 Å². The van der Waals surface area contributed by atoms with Crippen LogP contribution in [0.4, 0.5) is 17.6 Å². The number of benzene rings is 2. The summed E-state index contributed by atoms with van der Waals surface area (Å²) in [7, 11) is 0. The van der Waals surface area contributed by atoms with Gasteiger partial charge in [-0.25, -0.2) is 37.5 Å². The SMILES string of the molecule is CCc1ncc2cc(Oc3ccc(F)cc3F)c(=O)n(C[C@H](C)O)c2n1.CSc1ncc2cc(Oc3ccc(F)cc3F)c(=O)[nH]c2n1.C[C@H]1CO1. The van der Waals surface area contributed by atoms with Crippen LogP contribution in [-0.2, 0) is 17.7 Å². The molecule has 272 valence electrons. The number of thioether (sulfide) groups is 1. The van der Waals surface area contributed by atoms with Gasteiger partial charge in [0.25, 0.3) is 11.1 Å². The molecular weight excluding hydrogens is 708 g/mol. The zero-order chi connectivity index (χ0) is 37.5. The van der Waals surface area contributed by atoms with Gasteiger partial charge >= 0.3 is 0 Å². The first-order chi connectivity index (χ1) is 24.8. The van der Waals surface area contributed by atoms with Crippen LogP contribution in [0.2, 0.25) is 0 Å². The molecule has 2 N–H and O–H groups in total. The van der Waals surface area contributed by atoms with Gasteiger partial charge in [0, 0.05) is 41.7 Å². The molecule has 0 aliphatic carbocycles. The molecule has 52 heavy (non-hydrogen) atoms. The van der Waals surface area contributed by atoms with Crippen molar-refractivity contribution in [2.45, 2.75) is 51.1 Å². The van der Waals surface area contributed by atoms with Gasteiger partial charge in [-0.3, -0.25) is 14.2 Å². The van der Waals surface area contributed by atoms with Crippen LogP contribution in [0, 0.1) is 23.3 Å². The zero-order valence-electron chi connectivity index (χ0n) is 28.2. The molecule has 2 aromatic carbocycles. The standard InChI is InChI=1S/C18H17F2N3O3.C14H9F2N3O2S.C3H6O/c1-3-16-21-8-11-6-15(26-14-5-4-12(19)7-13(14)20)18(25)23(9-10(2)24)17(11)22-16;1-22-14-17-6-7-4-11(13(20)18-12(7)19-14)21-10-3-2-8(15)5-9(10)16;1-3-2-4-3/h4-8,10,24H,3,9H2,1-2H3;2-6H,1H3,(H,17,18,19,20);3H,2H2,1H3/t10-;;3-/m0.0/s1. The molecule has 0 amide bonds. The topological polar surface area (TPSA) is 158 Å². The molecule has 7 rings (SSSR count). The number of epoxide rings is 1. The van der Waals surface area contributed by atoms with E-state index in [1.54, 1.807) is 0 Å². The minimum atomic E-state index is -0.927. The summed E-state index contributed by atoms with van der Waals surface area (Å²) in [6.07, 6.45) is 5.23. The maximum absolute atomic E-state index is 13.9. The van der Waals surface area contributed by atoms with Crippen molar-refractivity contribution in [2.75, 3.05) is 12.9 Å². The number of ether oxygens (including phenoxy) is 3. The van der Waals surface area contributed by atoms with Gasteiger partial charge in [0.05, 0.1) is 25.4 Å². The van der Waals surface area contributed by atoms with E-state index >= 15 is 0 Å². The number of pyridine rings is 2. The largest absolute Gasteiger partial charge is 0.448 e. The summed E-state index contributed by atoms with van der Waals surface area (Å²) in [5.41, 5.74) is -0.434. The molecular formula is C35H32F4N6O6S. The van der Waals surface area contributed by atoms with E-state index in [9.17, 15) is 32.3 Å². The van der Waals surface area contributed by atoms with Crippen molar-refractivity contribution in [2.24, 2.45) is 0 Å². The van der Waals surface area contributed by atoms with E-state index in [1.807, 2.05) is 13.2 Å². The van der Waals surface area contributed by atoms with E-state index in [2.05, 4.69) is 31.8 Å². The Morgan fingerprint density at radius 3 is 2.04 bits per heavy atom. The summed E-state index contributed by atoms with van der Waals surface area (Å²) < 4.78 is 69.9. The second-order valence-corrected chi connectivity index (χ2v) is 12.1. The van der Waals surface area contributed by atoms with Crippen molar-refractivity contribution >= 4 is 33.8 Å². The monoisotopic (exact) mass is 740 g/mol. The second-order valence-electron chi connectivity index (χ2n) is 11.3. The number of hydrogen-bond acceptors (Lipinski definition) is 11. The number of nitrogens with zero attached hydrogens (tertiary/aromatic N) is 5. The fraction of sp³-hybridized carbons (Fsp3) is 0.257. The van der Waals surface area contributed by atoms with Crippen molar-refractivity contribution in [3.05, 3.63) is 111 Å². The maximum Gasteiger partial charge on any atom is 0.295 e. The lowest BCUT2D eigenvalue weighted by molar-refractivity contribution is 0.173. The van der Waals surface area contributed by atoms with Gasteiger partial charge in [0.1, 0.15) is 28.8 Å². The minimum Gasteiger partial charge on any atom is -0.448 e. The Bertz CT molecular complexity index is 2340. The van der Waals surface area contributed by atoms with E-state index in [0.29, 0.717) is 57.7 Å². The van der Waals surface area contributed by atoms with Gasteiger partial charge < -0.3 is 24.3 Å². The summed E-state index contributed by atoms with van der Waals surface area (Å²) in [6.45, 7) is 6.44. The number of aryl methyl sites for hydroxylation is 1. The van der Waals surface area contributed by atoms with Gasteiger partial charge in [0.2, 0.25) is 0 Å². The van der Waals surface area contributed by atoms with Crippen molar-refractivity contribution in [3.8, 4) is 23.0 Å². The van der Waals surface area contributed by atoms with Crippen LogP contribution in [0.3, 0.4) is 0 Å². The predicted molar refractivity (Wildman–Crippen MR) is 185 cm³/mol. The number of halogens is 4. The highest BCUT2D eigenvalue weighted by molar-refractivity contribution is 7.98. The Balaban J connectivity index is 0.000000183. The fourth-order valence-electron chi connectivity index (χ4n) is 4.42. The number of aliphatic hydroxyl groups excluding tert-OH is 1. The third-order valence-corrected chi connectivity index (χ3v) is 7.62. The van der Waals surface area contributed by atoms with E-state index in [4.69, 9.17) is 14.2 Å². The average molecular weight is 741 g/mol. The molecule has 2 atom stereocenters. The Morgan fingerprint density at radius 2 is 1.50 bits per heavy atom. The van der Waals surface area contributed by atoms with E-state index in [0.717, 1.165) is 30.9 Å². The summed E-state index contributed by atoms with van der Waals surface area (Å²) >= 11 is 1.34. The molecule has 5 heterocycles. The smallest absolute Gasteiger partial charge is 0.295 e. The van der Waals surface area contributed by atoms with Crippen LogP contribution in [0.1, 0.15) is 26.6 Å². The second kappa shape index (κ2) is 16.8. The van der Waals surface area contributed by atoms with Crippen molar-refractivity contribution in [3.63, 3.8) is 0 Å². The molecule has 0 unspecified atom stereocenters. The molecule has 4 aromatic heterocycles. The number of aromatic nitrogens is 6. The number of rotatable bonds is 8. The maximum atomic E-state index is 13.9. The van der Waals surface area contributed by atoms with Crippen LogP contribution in [0.25, 0.3) is 22.1 Å². The first-order valence-electron chi connectivity index (χ1n) is 15.7. The van der Waals surface area contributed by atoms with Gasteiger partial charge in [-0.1, -0.05) is 18.7 Å². The summed E-state index contributed by atoms with van der Waals surface area (Å²) in [5, 5.41) is 11.3. The number of H-pyrrole nitrogens is 1. The van der Waals surface area contributed by atoms with Gasteiger partial charge in [-0.2, -0.15) is 0 Å². The Hall–Kier alpha value is -5.39. The molecule has 1 aliphatic heterocycles. The number of fused-ring (bicyclic) bond motifs is 2. The molecule has 0 spiro atoms. The average Bonchev–Trinajstić information content (AvgIpc) is 3.91. The summed E-state index contributed by atoms with van der Waals surface area (Å²) in [6, 6.07) is 8.44. The number of nitrogens with one attached hydrogen (secondary N) is 1. The molecule has 1 aliphatic rings. The molecule has 0 bridgehead atoms. The first-order valence-corrected chi connectivity index (χ1v) is 17.0. The molecule has 17 heteroatoms. The van der Waals surface area contributed by atoms with Crippen LogP contribution >= 0.6 is 11.8 Å². The number of hydrogen-bond donors (Lipinski definition) is 2. The third-order valence-electron chi connectivity index (χ3n) is 7.05. The van der Waals surface area contributed by atoms with E-state index in [-0.39, 0.29) is 29.5 Å². The Kier molecular flexibility index (Phi) is 12.2. The Morgan fingerprint density at radius 1 is 0.923 bits per heavy atom. The van der Waals surface area contributed by atoms with Gasteiger partial charge in [-0.15, -0.1) is 0 Å². The zero-order valence-corrected chi connectivity index (χ0v) is 29.0. The predicted octanol–water partition coefficient (Wildman–Crippen LogP) is 6.32. The minimum absolute atomic E-state index is 0.0153. The van der Waals surface area contributed by atoms with Crippen LogP contribution in [0.5, 0.6) is 23.0 Å². The van der Waals surface area contributed by atoms with Crippen LogP contribution < -0.4 is 20.6 Å². The number of aliphatic hydroxyl groups is 1. The Labute approximate surface area is 297 Å². The molecule has 0 saturated carbocycles. The van der Waals surface area contributed by atoms with E-state index < -0.39 is 40.5 Å². The number of aromatic amines is 1. The first kappa shape index (κ1) is 37.9. The lowest BCUT2D eigenvalue weighted by Gasteiger charge is -2.14. The molecule has 6 aromatic rings. The molecule has 12 nitrogen and oxygen atoms in total. The van der Waals surface area contributed by atoms with Gasteiger partial charge in [-0.05, 0) is 56.5 Å². The highest BCUT2D eigenvalue weighted by atomic mass is 32.2. The van der Waals surface area contributed by atoms with Crippen molar-refractivity contribution in [1.29, 1.82) is 0 Å². The lowest BCUT2D eigenvalue weighted by Crippen LogP contribution is -2.27. The van der Waals surface area contributed by atoms with Crippen molar-refractivity contribution in [1.82, 2.24) is 29.5 Å². The summed E-state index contributed by atoms with van der Waals surface area (Å²) in [4.78, 5) is 44.0. The normalized spacial score (nSPS) is 13.8. The van der Waals surface area contributed by atoms with Gasteiger partial charge in [0.15, 0.2) is 39.8 Å². The molecule has 1 fully saturated rings. The third kappa shape index (κ3) is 9.68. The van der Waals surface area contributed by atoms with Crippen LogP contribution in [-0.4, -0.2) is 59.7 Å². The fourth-order valence-corrected chi connectivity index (χ4v) is 4.77. The highest BCUT2D eigenvalue weighted by Gasteiger charge is 2.17. The van der Waals surface area contributed by atoms with Crippen LogP contribution in [0.15, 0.2) is 75.7 Å². The summed E-state index contributed by atoms with van der Waals surface area (Å²) in [5.74, 6) is -3.57. The highest BCUT2D eigenvalue weighted by Crippen LogP contribution is 2.26. The molecule has 0 radical (unpaired) electrons.